The van der Waals surface area contributed by atoms with Crippen LogP contribution in [-0.2, 0) is 14.3 Å². The number of nitrogens with one attached hydrogen (secondary N) is 1. The molecule has 1 N–H and O–H groups in total. The van der Waals surface area contributed by atoms with E-state index in [4.69, 9.17) is 14.2 Å². The van der Waals surface area contributed by atoms with Crippen molar-refractivity contribution in [1.82, 2.24) is 9.88 Å². The van der Waals surface area contributed by atoms with Crippen LogP contribution in [-0.4, -0.2) is 54.6 Å². The molecule has 1 aromatic carbocycles. The first-order valence-electron chi connectivity index (χ1n) is 14.3. The Hall–Kier alpha value is -3.30. The predicted octanol–water partition coefficient (Wildman–Crippen LogP) is 5.25. The van der Waals surface area contributed by atoms with Crippen molar-refractivity contribution < 1.29 is 28.2 Å². The van der Waals surface area contributed by atoms with E-state index in [2.05, 4.69) is 5.32 Å². The zero-order valence-electron chi connectivity index (χ0n) is 24.5. The lowest BCUT2D eigenvalue weighted by Crippen LogP contribution is -2.42. The van der Waals surface area contributed by atoms with Gasteiger partial charge in [-0.1, -0.05) is 0 Å². The number of benzene rings is 1. The van der Waals surface area contributed by atoms with Gasteiger partial charge in [0.05, 0.1) is 24.4 Å². The van der Waals surface area contributed by atoms with Crippen LogP contribution in [0.3, 0.4) is 0 Å². The first-order chi connectivity index (χ1) is 18.9. The van der Waals surface area contributed by atoms with Gasteiger partial charge in [0.15, 0.2) is 0 Å². The molecule has 0 radical (unpaired) electrons. The number of nitrogens with zero attached hydrogens (tertiary/aromatic N) is 2. The number of alkyl carbamates (subject to hydrolysis) is 1. The molecule has 1 saturated carbocycles. The highest BCUT2D eigenvalue weighted by atomic mass is 19.1. The van der Waals surface area contributed by atoms with Gasteiger partial charge in [-0.05, 0) is 84.8 Å². The summed E-state index contributed by atoms with van der Waals surface area (Å²) < 4.78 is 33.9. The average Bonchev–Trinajstić information content (AvgIpc) is 3.57. The highest BCUT2D eigenvalue weighted by Crippen LogP contribution is 2.42. The summed E-state index contributed by atoms with van der Waals surface area (Å²) in [4.78, 5) is 39.2. The molecule has 0 unspecified atom stereocenters. The lowest BCUT2D eigenvalue weighted by molar-refractivity contribution is -0.143. The quantitative estimate of drug-likeness (QED) is 0.314. The van der Waals surface area contributed by atoms with E-state index in [1.165, 1.54) is 12.1 Å². The Kier molecular flexibility index (Phi) is 8.95. The van der Waals surface area contributed by atoms with Crippen molar-refractivity contribution in [1.29, 1.82) is 0 Å². The Morgan fingerprint density at radius 2 is 1.93 bits per heavy atom. The fourth-order valence-electron chi connectivity index (χ4n) is 5.47. The van der Waals surface area contributed by atoms with E-state index in [0.29, 0.717) is 54.0 Å². The average molecular weight is 560 g/mol. The van der Waals surface area contributed by atoms with Crippen molar-refractivity contribution in [3.63, 3.8) is 0 Å². The second kappa shape index (κ2) is 12.1. The minimum atomic E-state index is -0.586. The topological polar surface area (TPSA) is 99.1 Å². The Morgan fingerprint density at radius 1 is 1.20 bits per heavy atom. The molecule has 2 atom stereocenters. The molecule has 220 valence electrons. The Morgan fingerprint density at radius 3 is 2.58 bits per heavy atom. The number of amides is 1. The molecule has 2 heterocycles. The standard InChI is InChI=1S/C30H42FN3O6/c1-7-38-26(36)9-8-14-39-24-16-25(35)34(21-10-11-21)27-18(2)28(23(31)15-22(24)27)33-13-12-20(17-33)19(3)32-29(37)40-30(4,5)6/h15-16,19-21H,7-14,17H2,1-6H3,(H,32,37)/t19-,20+/m0/s1. The van der Waals surface area contributed by atoms with Crippen LogP contribution < -0.4 is 20.5 Å². The van der Waals surface area contributed by atoms with E-state index < -0.39 is 11.7 Å². The van der Waals surface area contributed by atoms with Gasteiger partial charge >= 0.3 is 12.1 Å². The molecule has 1 amide bonds. The van der Waals surface area contributed by atoms with Gasteiger partial charge in [0.25, 0.3) is 5.56 Å². The molecule has 0 bridgehead atoms. The number of hydrogen-bond acceptors (Lipinski definition) is 7. The van der Waals surface area contributed by atoms with Crippen LogP contribution in [0.25, 0.3) is 10.9 Å². The second-order valence-corrected chi connectivity index (χ2v) is 11.9. The molecular weight excluding hydrogens is 517 g/mol. The maximum absolute atomic E-state index is 15.8. The van der Waals surface area contributed by atoms with Gasteiger partial charge in [0.1, 0.15) is 17.2 Å². The van der Waals surface area contributed by atoms with Crippen LogP contribution in [0.1, 0.15) is 78.3 Å². The third-order valence-electron chi connectivity index (χ3n) is 7.45. The molecule has 2 aliphatic rings. The summed E-state index contributed by atoms with van der Waals surface area (Å²) in [5, 5.41) is 3.48. The largest absolute Gasteiger partial charge is 0.493 e. The van der Waals surface area contributed by atoms with Gasteiger partial charge < -0.3 is 29.0 Å². The van der Waals surface area contributed by atoms with E-state index in [1.807, 2.05) is 39.5 Å². The van der Waals surface area contributed by atoms with Gasteiger partial charge in [-0.3, -0.25) is 9.59 Å². The minimum absolute atomic E-state index is 0.0919. The van der Waals surface area contributed by atoms with Crippen molar-refractivity contribution >= 4 is 28.7 Å². The van der Waals surface area contributed by atoms with Crippen molar-refractivity contribution in [2.45, 2.75) is 91.3 Å². The number of anilines is 1. The van der Waals surface area contributed by atoms with E-state index in [-0.39, 0.29) is 48.4 Å². The fraction of sp³-hybridized carbons (Fsp3) is 0.633. The summed E-state index contributed by atoms with van der Waals surface area (Å²) in [5.41, 5.74) is 1.11. The molecule has 4 rings (SSSR count). The first-order valence-corrected chi connectivity index (χ1v) is 14.3. The summed E-state index contributed by atoms with van der Waals surface area (Å²) >= 11 is 0. The lowest BCUT2D eigenvalue weighted by atomic mass is 10.0. The summed E-state index contributed by atoms with van der Waals surface area (Å²) in [6.45, 7) is 12.7. The van der Waals surface area contributed by atoms with Gasteiger partial charge in [0, 0.05) is 43.0 Å². The smallest absolute Gasteiger partial charge is 0.407 e. The molecule has 1 aliphatic heterocycles. The number of rotatable bonds is 10. The number of aromatic nitrogens is 1. The third kappa shape index (κ3) is 6.88. The normalized spacial score (nSPS) is 18.1. The Labute approximate surface area is 234 Å². The molecule has 9 nitrogen and oxygen atoms in total. The maximum atomic E-state index is 15.8. The van der Waals surface area contributed by atoms with Crippen LogP contribution in [0.4, 0.5) is 14.9 Å². The van der Waals surface area contributed by atoms with Crippen LogP contribution in [0, 0.1) is 18.7 Å². The molecule has 1 aromatic heterocycles. The lowest BCUT2D eigenvalue weighted by Gasteiger charge is -2.27. The van der Waals surface area contributed by atoms with Crippen molar-refractivity contribution in [2.24, 2.45) is 5.92 Å². The molecule has 2 aromatic rings. The third-order valence-corrected chi connectivity index (χ3v) is 7.45. The molecule has 40 heavy (non-hydrogen) atoms. The van der Waals surface area contributed by atoms with Crippen molar-refractivity contribution in [2.75, 3.05) is 31.2 Å². The van der Waals surface area contributed by atoms with Gasteiger partial charge in [-0.25, -0.2) is 9.18 Å². The summed E-state index contributed by atoms with van der Waals surface area (Å²) in [6, 6.07) is 2.84. The van der Waals surface area contributed by atoms with Crippen LogP contribution in [0.5, 0.6) is 5.75 Å². The zero-order valence-corrected chi connectivity index (χ0v) is 24.5. The highest BCUT2D eigenvalue weighted by molar-refractivity contribution is 5.92. The molecule has 1 saturated heterocycles. The van der Waals surface area contributed by atoms with E-state index in [9.17, 15) is 14.4 Å². The number of halogens is 1. The van der Waals surface area contributed by atoms with Gasteiger partial charge in [-0.2, -0.15) is 0 Å². The number of ether oxygens (including phenoxy) is 3. The monoisotopic (exact) mass is 559 g/mol. The molecule has 10 heteroatoms. The number of fused-ring (bicyclic) bond motifs is 1. The van der Waals surface area contributed by atoms with Crippen LogP contribution in [0.15, 0.2) is 16.9 Å². The van der Waals surface area contributed by atoms with Gasteiger partial charge in [0.2, 0.25) is 0 Å². The second-order valence-electron chi connectivity index (χ2n) is 11.9. The van der Waals surface area contributed by atoms with Crippen molar-refractivity contribution in [3.8, 4) is 5.75 Å². The van der Waals surface area contributed by atoms with Crippen molar-refractivity contribution in [3.05, 3.63) is 33.9 Å². The molecule has 0 spiro atoms. The highest BCUT2D eigenvalue weighted by Gasteiger charge is 2.34. The Bertz CT molecular complexity index is 1310. The summed E-state index contributed by atoms with van der Waals surface area (Å²) in [6.07, 6.45) is 2.76. The fourth-order valence-corrected chi connectivity index (χ4v) is 5.47. The van der Waals surface area contributed by atoms with Crippen LogP contribution in [0.2, 0.25) is 0 Å². The maximum Gasteiger partial charge on any atom is 0.407 e. The Balaban J connectivity index is 1.58. The number of aryl methyl sites for hydroxylation is 1. The SMILES string of the molecule is CCOC(=O)CCCOc1cc(=O)n(C2CC2)c2c(C)c(N3CC[C@@H]([C@H](C)NC(=O)OC(C)(C)C)C3)c(F)cc12. The molecule has 2 fully saturated rings. The number of hydrogen-bond donors (Lipinski definition) is 1. The van der Waals surface area contributed by atoms with Crippen LogP contribution >= 0.6 is 0 Å². The number of pyridine rings is 1. The predicted molar refractivity (Wildman–Crippen MR) is 152 cm³/mol. The summed E-state index contributed by atoms with van der Waals surface area (Å²) in [5.74, 6) is -0.243. The first kappa shape index (κ1) is 29.7. The number of carbonyl (C=O) groups is 2. The van der Waals surface area contributed by atoms with E-state index >= 15 is 4.39 Å². The molecular formula is C30H42FN3O6. The van der Waals surface area contributed by atoms with E-state index in [0.717, 1.165) is 19.3 Å². The van der Waals surface area contributed by atoms with E-state index in [1.54, 1.807) is 11.5 Å². The minimum Gasteiger partial charge on any atom is -0.493 e. The number of esters is 1. The molecule has 1 aliphatic carbocycles. The van der Waals surface area contributed by atoms with Gasteiger partial charge in [-0.15, -0.1) is 0 Å². The zero-order chi connectivity index (χ0) is 29.2. The summed E-state index contributed by atoms with van der Waals surface area (Å²) in [7, 11) is 0. The number of carbonyl (C=O) groups excluding carboxylic acids is 2.